The second-order valence-corrected chi connectivity index (χ2v) is 7.83. The van der Waals surface area contributed by atoms with Gasteiger partial charge in [-0.1, -0.05) is 0 Å². The first-order valence-electron chi connectivity index (χ1n) is 6.18. The van der Waals surface area contributed by atoms with Gasteiger partial charge in [-0.05, 0) is 41.5 Å². The van der Waals surface area contributed by atoms with Gasteiger partial charge in [0.2, 0.25) is 0 Å². The summed E-state index contributed by atoms with van der Waals surface area (Å²) >= 11 is 3.89. The van der Waals surface area contributed by atoms with Crippen LogP contribution in [0.4, 0.5) is 0 Å². The van der Waals surface area contributed by atoms with Crippen molar-refractivity contribution in [3.8, 4) is 0 Å². The SMILES string of the molecule is O=C(c1csc(I)c1)C1CCOC2(CCOC2)C1. The highest BCUT2D eigenvalue weighted by molar-refractivity contribution is 14.1. The summed E-state index contributed by atoms with van der Waals surface area (Å²) in [5.74, 6) is 0.384. The van der Waals surface area contributed by atoms with E-state index in [1.54, 1.807) is 11.3 Å². The van der Waals surface area contributed by atoms with Gasteiger partial charge in [-0.3, -0.25) is 4.79 Å². The van der Waals surface area contributed by atoms with Crippen molar-refractivity contribution < 1.29 is 14.3 Å². The molecule has 0 aromatic carbocycles. The molecule has 1 spiro atoms. The van der Waals surface area contributed by atoms with Gasteiger partial charge in [0.25, 0.3) is 0 Å². The van der Waals surface area contributed by atoms with Crippen LogP contribution in [0.5, 0.6) is 0 Å². The summed E-state index contributed by atoms with van der Waals surface area (Å²) in [5.41, 5.74) is 0.687. The monoisotopic (exact) mass is 378 g/mol. The Hall–Kier alpha value is 0.0200. The summed E-state index contributed by atoms with van der Waals surface area (Å²) in [7, 11) is 0. The minimum absolute atomic E-state index is 0.103. The molecule has 3 rings (SSSR count). The third kappa shape index (κ3) is 2.50. The van der Waals surface area contributed by atoms with Crippen molar-refractivity contribution in [2.24, 2.45) is 5.92 Å². The van der Waals surface area contributed by atoms with Crippen molar-refractivity contribution in [1.29, 1.82) is 0 Å². The molecule has 0 amide bonds. The molecule has 2 atom stereocenters. The molecule has 3 nitrogen and oxygen atoms in total. The maximum atomic E-state index is 12.5. The third-order valence-electron chi connectivity index (χ3n) is 3.78. The lowest BCUT2D eigenvalue weighted by Crippen LogP contribution is -2.42. The van der Waals surface area contributed by atoms with E-state index < -0.39 is 0 Å². The van der Waals surface area contributed by atoms with Gasteiger partial charge >= 0.3 is 0 Å². The first-order valence-corrected chi connectivity index (χ1v) is 8.14. The smallest absolute Gasteiger partial charge is 0.167 e. The van der Waals surface area contributed by atoms with Gasteiger partial charge in [-0.2, -0.15) is 0 Å². The Balaban J connectivity index is 1.74. The summed E-state index contributed by atoms with van der Waals surface area (Å²) in [4.78, 5) is 12.5. The van der Waals surface area contributed by atoms with Crippen LogP contribution >= 0.6 is 33.9 Å². The number of hydrogen-bond acceptors (Lipinski definition) is 4. The van der Waals surface area contributed by atoms with Crippen LogP contribution < -0.4 is 0 Å². The highest BCUT2D eigenvalue weighted by Gasteiger charge is 2.43. The summed E-state index contributed by atoms with van der Waals surface area (Å²) in [6, 6.07) is 1.99. The Kier molecular flexibility index (Phi) is 3.75. The highest BCUT2D eigenvalue weighted by Crippen LogP contribution is 2.37. The third-order valence-corrected chi connectivity index (χ3v) is 5.57. The molecule has 2 saturated heterocycles. The van der Waals surface area contributed by atoms with Gasteiger partial charge in [0.1, 0.15) is 0 Å². The van der Waals surface area contributed by atoms with Crippen molar-refractivity contribution in [2.75, 3.05) is 19.8 Å². The minimum Gasteiger partial charge on any atom is -0.378 e. The number of ether oxygens (including phenoxy) is 2. The van der Waals surface area contributed by atoms with Crippen molar-refractivity contribution in [2.45, 2.75) is 24.9 Å². The van der Waals surface area contributed by atoms with Gasteiger partial charge < -0.3 is 9.47 Å². The number of hydrogen-bond donors (Lipinski definition) is 0. The van der Waals surface area contributed by atoms with E-state index >= 15 is 0 Å². The predicted octanol–water partition coefficient (Wildman–Crippen LogP) is 3.12. The fourth-order valence-corrected chi connectivity index (χ4v) is 4.13. The zero-order valence-electron chi connectivity index (χ0n) is 9.99. The van der Waals surface area contributed by atoms with Crippen molar-refractivity contribution in [3.63, 3.8) is 0 Å². The number of rotatable bonds is 2. The van der Waals surface area contributed by atoms with Crippen molar-refractivity contribution in [1.82, 2.24) is 0 Å². The predicted molar refractivity (Wildman–Crippen MR) is 78.2 cm³/mol. The Labute approximate surface area is 124 Å². The van der Waals surface area contributed by atoms with Crippen LogP contribution in [0, 0.1) is 8.80 Å². The van der Waals surface area contributed by atoms with Crippen LogP contribution in [-0.4, -0.2) is 31.2 Å². The summed E-state index contributed by atoms with van der Waals surface area (Å²) < 4.78 is 12.5. The number of Topliss-reactive ketones (excluding diaryl/α,β-unsaturated/α-hetero) is 1. The van der Waals surface area contributed by atoms with E-state index in [1.807, 2.05) is 11.4 Å². The first-order chi connectivity index (χ1) is 8.69. The zero-order chi connectivity index (χ0) is 12.6. The molecule has 0 aliphatic carbocycles. The first kappa shape index (κ1) is 13.0. The minimum atomic E-state index is -0.179. The topological polar surface area (TPSA) is 35.5 Å². The van der Waals surface area contributed by atoms with Crippen LogP contribution in [0.15, 0.2) is 11.4 Å². The Morgan fingerprint density at radius 1 is 1.50 bits per heavy atom. The summed E-state index contributed by atoms with van der Waals surface area (Å²) in [6.07, 6.45) is 2.59. The molecule has 18 heavy (non-hydrogen) atoms. The second kappa shape index (κ2) is 5.19. The standard InChI is InChI=1S/C13H15IO3S/c14-11-5-10(7-18-11)12(15)9-1-3-17-13(6-9)2-4-16-8-13/h5,7,9H,1-4,6,8H2. The van der Waals surface area contributed by atoms with E-state index in [9.17, 15) is 4.79 Å². The van der Waals surface area contributed by atoms with E-state index in [4.69, 9.17) is 9.47 Å². The number of carbonyl (C=O) groups excluding carboxylic acids is 1. The molecule has 2 fully saturated rings. The van der Waals surface area contributed by atoms with Crippen LogP contribution in [0.2, 0.25) is 0 Å². The van der Waals surface area contributed by atoms with Gasteiger partial charge in [-0.25, -0.2) is 0 Å². The molecule has 1 aromatic rings. The normalized spacial score (nSPS) is 31.9. The number of halogens is 1. The molecule has 98 valence electrons. The van der Waals surface area contributed by atoms with Gasteiger partial charge in [0, 0.05) is 36.5 Å². The Bertz CT molecular complexity index is 451. The molecule has 2 aliphatic heterocycles. The average molecular weight is 378 g/mol. The quantitative estimate of drug-likeness (QED) is 0.586. The second-order valence-electron chi connectivity index (χ2n) is 5.03. The van der Waals surface area contributed by atoms with Crippen LogP contribution in [0.1, 0.15) is 29.6 Å². The molecule has 0 bridgehead atoms. The largest absolute Gasteiger partial charge is 0.378 e. The van der Waals surface area contributed by atoms with Gasteiger partial charge in [0.05, 0.1) is 15.1 Å². The molecule has 0 N–H and O–H groups in total. The number of carbonyl (C=O) groups is 1. The molecule has 0 saturated carbocycles. The molecule has 5 heteroatoms. The number of thiophene rings is 1. The van der Waals surface area contributed by atoms with E-state index in [0.29, 0.717) is 13.2 Å². The van der Waals surface area contributed by atoms with E-state index in [1.165, 1.54) is 2.88 Å². The molecule has 1 aromatic heterocycles. The lowest BCUT2D eigenvalue weighted by molar-refractivity contribution is -0.0920. The Morgan fingerprint density at radius 3 is 3.06 bits per heavy atom. The maximum Gasteiger partial charge on any atom is 0.167 e. The molecule has 2 unspecified atom stereocenters. The zero-order valence-corrected chi connectivity index (χ0v) is 13.0. The fraction of sp³-hybridized carbons (Fsp3) is 0.615. The highest BCUT2D eigenvalue weighted by atomic mass is 127. The van der Waals surface area contributed by atoms with Gasteiger partial charge in [0.15, 0.2) is 5.78 Å². The van der Waals surface area contributed by atoms with Crippen LogP contribution in [-0.2, 0) is 9.47 Å². The van der Waals surface area contributed by atoms with Crippen molar-refractivity contribution in [3.05, 3.63) is 19.9 Å². The lowest BCUT2D eigenvalue weighted by Gasteiger charge is -2.36. The lowest BCUT2D eigenvalue weighted by atomic mass is 9.81. The molecule has 3 heterocycles. The van der Waals surface area contributed by atoms with Crippen LogP contribution in [0.25, 0.3) is 0 Å². The fourth-order valence-electron chi connectivity index (χ4n) is 2.79. The molecule has 2 aliphatic rings. The molecular weight excluding hydrogens is 363 g/mol. The van der Waals surface area contributed by atoms with Gasteiger partial charge in [-0.15, -0.1) is 11.3 Å². The van der Waals surface area contributed by atoms with Crippen LogP contribution in [0.3, 0.4) is 0 Å². The Morgan fingerprint density at radius 2 is 2.39 bits per heavy atom. The molecule has 0 radical (unpaired) electrons. The maximum absolute atomic E-state index is 12.5. The average Bonchev–Trinajstić information content (AvgIpc) is 2.98. The van der Waals surface area contributed by atoms with E-state index in [2.05, 4.69) is 22.6 Å². The number of ketones is 1. The van der Waals surface area contributed by atoms with E-state index in [-0.39, 0.29) is 17.3 Å². The summed E-state index contributed by atoms with van der Waals surface area (Å²) in [5, 5.41) is 1.97. The van der Waals surface area contributed by atoms with E-state index in [0.717, 1.165) is 31.4 Å². The van der Waals surface area contributed by atoms with Crippen molar-refractivity contribution >= 4 is 39.7 Å². The molecular formula is C13H15IO3S. The summed E-state index contributed by atoms with van der Waals surface area (Å²) in [6.45, 7) is 2.09.